The number of esters is 1. The van der Waals surface area contributed by atoms with E-state index in [2.05, 4.69) is 5.32 Å². The topological polar surface area (TPSA) is 111 Å². The Balaban J connectivity index is 1.56. The van der Waals surface area contributed by atoms with Gasteiger partial charge in [-0.2, -0.15) is 0 Å². The maximum Gasteiger partial charge on any atom is 0.338 e. The molecule has 3 aromatic carbocycles. The summed E-state index contributed by atoms with van der Waals surface area (Å²) < 4.78 is 16.2. The van der Waals surface area contributed by atoms with Gasteiger partial charge in [0, 0.05) is 15.6 Å². The van der Waals surface area contributed by atoms with E-state index < -0.39 is 23.8 Å². The average Bonchev–Trinajstić information content (AvgIpc) is 2.91. The summed E-state index contributed by atoms with van der Waals surface area (Å²) >= 11 is 12.1. The molecule has 1 fully saturated rings. The van der Waals surface area contributed by atoms with Crippen LogP contribution >= 0.6 is 23.2 Å². The van der Waals surface area contributed by atoms with E-state index in [1.807, 2.05) is 0 Å². The van der Waals surface area contributed by atoms with Gasteiger partial charge in [-0.3, -0.25) is 14.9 Å². The van der Waals surface area contributed by atoms with Crippen molar-refractivity contribution < 1.29 is 33.4 Å². The van der Waals surface area contributed by atoms with Gasteiger partial charge in [0.05, 0.1) is 25.0 Å². The minimum atomic E-state index is -0.909. The Hall–Kier alpha value is -4.34. The zero-order valence-electron chi connectivity index (χ0n) is 20.8. The Bertz CT molecular complexity index is 1490. The number of nitrogens with zero attached hydrogens (tertiary/aromatic N) is 1. The lowest BCUT2D eigenvalue weighted by molar-refractivity contribution is -0.122. The molecule has 1 aliphatic rings. The van der Waals surface area contributed by atoms with E-state index in [-0.39, 0.29) is 30.0 Å². The van der Waals surface area contributed by atoms with Gasteiger partial charge in [-0.25, -0.2) is 14.5 Å². The molecule has 1 saturated heterocycles. The number of hydrogen-bond acceptors (Lipinski definition) is 7. The molecule has 0 spiro atoms. The number of methoxy groups -OCH3 is 1. The first-order chi connectivity index (χ1) is 18.7. The largest absolute Gasteiger partial charge is 0.493 e. The number of anilines is 1. The van der Waals surface area contributed by atoms with Gasteiger partial charge in [-0.05, 0) is 67.1 Å². The lowest BCUT2D eigenvalue weighted by atomic mass is 10.1. The number of imide groups is 2. The number of rotatable bonds is 8. The summed E-state index contributed by atoms with van der Waals surface area (Å²) in [4.78, 5) is 51.0. The monoisotopic (exact) mass is 568 g/mol. The van der Waals surface area contributed by atoms with Crippen molar-refractivity contribution in [2.24, 2.45) is 0 Å². The Kier molecular flexibility index (Phi) is 8.53. The maximum absolute atomic E-state index is 13.2. The number of amides is 4. The second-order valence-electron chi connectivity index (χ2n) is 8.16. The number of benzene rings is 3. The van der Waals surface area contributed by atoms with E-state index in [0.717, 1.165) is 10.5 Å². The van der Waals surface area contributed by atoms with Crippen molar-refractivity contribution in [2.75, 3.05) is 18.6 Å². The van der Waals surface area contributed by atoms with Crippen LogP contribution in [-0.4, -0.2) is 37.5 Å². The third-order valence-electron chi connectivity index (χ3n) is 5.64. The fourth-order valence-corrected chi connectivity index (χ4v) is 4.17. The number of ether oxygens (including phenoxy) is 3. The van der Waals surface area contributed by atoms with E-state index in [1.165, 1.54) is 37.5 Å². The molecule has 0 atom stereocenters. The quantitative estimate of drug-likeness (QED) is 0.219. The molecule has 0 saturated carbocycles. The average molecular weight is 569 g/mol. The molecule has 1 N–H and O–H groups in total. The molecule has 0 aromatic heterocycles. The third-order valence-corrected chi connectivity index (χ3v) is 6.22. The molecule has 4 amide bonds. The van der Waals surface area contributed by atoms with Crippen molar-refractivity contribution in [3.63, 3.8) is 0 Å². The van der Waals surface area contributed by atoms with Crippen molar-refractivity contribution in [1.82, 2.24) is 5.32 Å². The molecule has 39 heavy (non-hydrogen) atoms. The molecular weight excluding hydrogens is 547 g/mol. The number of carbonyl (C=O) groups is 4. The highest BCUT2D eigenvalue weighted by Crippen LogP contribution is 2.31. The van der Waals surface area contributed by atoms with Crippen LogP contribution in [0.2, 0.25) is 10.0 Å². The van der Waals surface area contributed by atoms with Crippen LogP contribution in [0.25, 0.3) is 6.08 Å². The van der Waals surface area contributed by atoms with Gasteiger partial charge in [0.1, 0.15) is 12.2 Å². The summed E-state index contributed by atoms with van der Waals surface area (Å²) in [5.74, 6) is -1.46. The fraction of sp³-hybridized carbons (Fsp3) is 0.143. The van der Waals surface area contributed by atoms with Gasteiger partial charge >= 0.3 is 12.0 Å². The molecule has 3 aromatic rings. The molecule has 0 radical (unpaired) electrons. The van der Waals surface area contributed by atoms with Gasteiger partial charge in [-0.15, -0.1) is 0 Å². The van der Waals surface area contributed by atoms with E-state index in [4.69, 9.17) is 37.4 Å². The molecule has 1 aliphatic heterocycles. The van der Waals surface area contributed by atoms with Gasteiger partial charge in [0.2, 0.25) is 0 Å². The highest BCUT2D eigenvalue weighted by molar-refractivity contribution is 6.39. The van der Waals surface area contributed by atoms with Crippen LogP contribution in [0.4, 0.5) is 10.5 Å². The minimum Gasteiger partial charge on any atom is -0.493 e. The molecule has 9 nitrogen and oxygen atoms in total. The van der Waals surface area contributed by atoms with E-state index in [1.54, 1.807) is 43.3 Å². The zero-order chi connectivity index (χ0) is 28.1. The molecule has 0 unspecified atom stereocenters. The fourth-order valence-electron chi connectivity index (χ4n) is 3.71. The van der Waals surface area contributed by atoms with Gasteiger partial charge in [0.15, 0.2) is 11.5 Å². The molecule has 200 valence electrons. The molecule has 0 aliphatic carbocycles. The van der Waals surface area contributed by atoms with Crippen molar-refractivity contribution in [3.05, 3.63) is 93.0 Å². The van der Waals surface area contributed by atoms with Gasteiger partial charge < -0.3 is 14.2 Å². The van der Waals surface area contributed by atoms with Crippen molar-refractivity contribution in [3.8, 4) is 11.5 Å². The summed E-state index contributed by atoms with van der Waals surface area (Å²) in [6, 6.07) is 14.7. The Morgan fingerprint density at radius 1 is 0.974 bits per heavy atom. The highest BCUT2D eigenvalue weighted by atomic mass is 35.5. The predicted octanol–water partition coefficient (Wildman–Crippen LogP) is 5.42. The number of barbiturate groups is 1. The van der Waals surface area contributed by atoms with Crippen molar-refractivity contribution >= 4 is 58.8 Å². The highest BCUT2D eigenvalue weighted by Gasteiger charge is 2.37. The lowest BCUT2D eigenvalue weighted by Gasteiger charge is -2.26. The van der Waals surface area contributed by atoms with Crippen molar-refractivity contribution in [2.45, 2.75) is 13.5 Å². The molecule has 1 heterocycles. The third kappa shape index (κ3) is 6.22. The summed E-state index contributed by atoms with van der Waals surface area (Å²) in [7, 11) is 1.45. The van der Waals surface area contributed by atoms with Crippen LogP contribution < -0.4 is 19.7 Å². The number of nitrogens with one attached hydrogen (secondary N) is 1. The molecular formula is C28H22Cl2N2O7. The molecule has 4 rings (SSSR count). The minimum absolute atomic E-state index is 0.152. The second-order valence-corrected chi connectivity index (χ2v) is 9.00. The Labute approximate surface area is 233 Å². The van der Waals surface area contributed by atoms with Crippen LogP contribution in [0, 0.1) is 0 Å². The molecule has 11 heteroatoms. The predicted molar refractivity (Wildman–Crippen MR) is 145 cm³/mol. The summed E-state index contributed by atoms with van der Waals surface area (Å²) in [6.07, 6.45) is 1.34. The van der Waals surface area contributed by atoms with Crippen LogP contribution in [0.15, 0.2) is 66.2 Å². The van der Waals surface area contributed by atoms with Crippen LogP contribution in [-0.2, 0) is 20.9 Å². The second kappa shape index (κ2) is 12.0. The molecule has 0 bridgehead atoms. The van der Waals surface area contributed by atoms with Crippen LogP contribution in [0.5, 0.6) is 11.5 Å². The van der Waals surface area contributed by atoms with Crippen LogP contribution in [0.3, 0.4) is 0 Å². The number of carbonyl (C=O) groups excluding carboxylic acids is 4. The first-order valence-corrected chi connectivity index (χ1v) is 12.4. The number of halogens is 2. The normalized spacial score (nSPS) is 14.3. The Morgan fingerprint density at radius 2 is 1.72 bits per heavy atom. The van der Waals surface area contributed by atoms with E-state index >= 15 is 0 Å². The zero-order valence-corrected chi connectivity index (χ0v) is 22.3. The van der Waals surface area contributed by atoms with Gasteiger partial charge in [0.25, 0.3) is 11.8 Å². The van der Waals surface area contributed by atoms with Gasteiger partial charge in [-0.1, -0.05) is 35.3 Å². The SMILES string of the molecule is CCOC(=O)c1ccc(N2C(=O)NC(=O)/C(=C\c3ccc(OCc4ccc(Cl)cc4Cl)c(OC)c3)C2=O)cc1. The van der Waals surface area contributed by atoms with Crippen molar-refractivity contribution in [1.29, 1.82) is 0 Å². The lowest BCUT2D eigenvalue weighted by Crippen LogP contribution is -2.54. The van der Waals surface area contributed by atoms with Crippen LogP contribution in [0.1, 0.15) is 28.4 Å². The number of urea groups is 1. The van der Waals surface area contributed by atoms with E-state index in [9.17, 15) is 19.2 Å². The first kappa shape index (κ1) is 27.7. The van der Waals surface area contributed by atoms with E-state index in [0.29, 0.717) is 27.1 Å². The standard InChI is InChI=1S/C28H22Cl2N2O7/c1-3-38-27(35)17-6-9-20(10-7-17)32-26(34)21(25(33)31-28(32)36)12-16-4-11-23(24(13-16)37-2)39-15-18-5-8-19(29)14-22(18)30/h4-14H,3,15H2,1-2H3,(H,31,33,36)/b21-12+. The summed E-state index contributed by atoms with van der Waals surface area (Å²) in [5.41, 5.74) is 1.33. The maximum atomic E-state index is 13.2. The summed E-state index contributed by atoms with van der Waals surface area (Å²) in [6.45, 7) is 2.04. The smallest absolute Gasteiger partial charge is 0.338 e. The first-order valence-electron chi connectivity index (χ1n) is 11.6. The summed E-state index contributed by atoms with van der Waals surface area (Å²) in [5, 5.41) is 3.13. The number of hydrogen-bond donors (Lipinski definition) is 1. The Morgan fingerprint density at radius 3 is 2.38 bits per heavy atom.